The molecule has 0 saturated heterocycles. The molecule has 0 bridgehead atoms. The molecule has 2 aromatic rings. The van der Waals surface area contributed by atoms with Gasteiger partial charge in [-0.3, -0.25) is 4.79 Å². The largest absolute Gasteiger partial charge is 0.373 e. The Hall–Kier alpha value is -2.39. The number of hydrogen-bond donors (Lipinski definition) is 1. The quantitative estimate of drug-likeness (QED) is 0.945. The van der Waals surface area contributed by atoms with Crippen LogP contribution in [0, 0.1) is 6.92 Å². The van der Waals surface area contributed by atoms with Gasteiger partial charge >= 0.3 is 0 Å². The van der Waals surface area contributed by atoms with Crippen molar-refractivity contribution in [1.29, 1.82) is 0 Å². The highest BCUT2D eigenvalue weighted by atomic mass is 16.3. The summed E-state index contributed by atoms with van der Waals surface area (Å²) in [5.41, 5.74) is 3.91. The van der Waals surface area contributed by atoms with E-state index in [1.807, 2.05) is 55.5 Å². The lowest BCUT2D eigenvalue weighted by Gasteiger charge is -2.32. The summed E-state index contributed by atoms with van der Waals surface area (Å²) < 4.78 is 0. The molecule has 0 spiro atoms. The van der Waals surface area contributed by atoms with E-state index in [2.05, 4.69) is 12.1 Å². The van der Waals surface area contributed by atoms with Gasteiger partial charge in [-0.1, -0.05) is 60.2 Å². The lowest BCUT2D eigenvalue weighted by atomic mass is 9.98. The Morgan fingerprint density at radius 2 is 1.91 bits per heavy atom. The van der Waals surface area contributed by atoms with Gasteiger partial charge in [0.15, 0.2) is 0 Å². The summed E-state index contributed by atoms with van der Waals surface area (Å²) in [5, 5.41) is 10.2. The zero-order chi connectivity index (χ0) is 15.5. The molecule has 1 unspecified atom stereocenters. The van der Waals surface area contributed by atoms with Crippen LogP contribution in [0.15, 0.2) is 54.6 Å². The van der Waals surface area contributed by atoms with Crippen molar-refractivity contribution in [2.24, 2.45) is 0 Å². The van der Waals surface area contributed by atoms with E-state index in [0.717, 1.165) is 11.1 Å². The van der Waals surface area contributed by atoms with Crippen molar-refractivity contribution in [3.05, 3.63) is 76.9 Å². The number of rotatable bonds is 3. The zero-order valence-corrected chi connectivity index (χ0v) is 12.6. The van der Waals surface area contributed by atoms with Crippen molar-refractivity contribution in [3.63, 3.8) is 0 Å². The fraction of sp³-hybridized carbons (Fsp3) is 0.211. The minimum Gasteiger partial charge on any atom is -0.373 e. The summed E-state index contributed by atoms with van der Waals surface area (Å²) >= 11 is 0. The molecule has 3 heteroatoms. The first kappa shape index (κ1) is 14.5. The summed E-state index contributed by atoms with van der Waals surface area (Å²) in [7, 11) is 0. The maximum absolute atomic E-state index is 12.4. The van der Waals surface area contributed by atoms with Crippen LogP contribution < -0.4 is 0 Å². The van der Waals surface area contributed by atoms with Gasteiger partial charge in [0, 0.05) is 18.5 Å². The first-order valence-electron chi connectivity index (χ1n) is 7.45. The van der Waals surface area contributed by atoms with Crippen LogP contribution in [0.5, 0.6) is 0 Å². The Balaban J connectivity index is 1.73. The zero-order valence-electron chi connectivity index (χ0n) is 12.6. The second-order valence-electron chi connectivity index (χ2n) is 5.61. The van der Waals surface area contributed by atoms with Crippen LogP contribution in [0.4, 0.5) is 0 Å². The molecule has 2 aromatic carbocycles. The Kier molecular flexibility index (Phi) is 4.07. The maximum Gasteiger partial charge on any atom is 0.256 e. The van der Waals surface area contributed by atoms with Crippen molar-refractivity contribution in [2.75, 3.05) is 6.54 Å². The monoisotopic (exact) mass is 293 g/mol. The minimum absolute atomic E-state index is 0.108. The van der Waals surface area contributed by atoms with Gasteiger partial charge in [0.1, 0.15) is 6.23 Å². The first-order valence-corrected chi connectivity index (χ1v) is 7.45. The van der Waals surface area contributed by atoms with Gasteiger partial charge < -0.3 is 10.0 Å². The van der Waals surface area contributed by atoms with E-state index in [9.17, 15) is 9.90 Å². The molecule has 1 N–H and O–H groups in total. The third-order valence-electron chi connectivity index (χ3n) is 3.96. The second-order valence-corrected chi connectivity index (χ2v) is 5.61. The predicted octanol–water partition coefficient (Wildman–Crippen LogP) is 3.03. The van der Waals surface area contributed by atoms with Gasteiger partial charge in [0.25, 0.3) is 5.91 Å². The molecule has 22 heavy (non-hydrogen) atoms. The minimum atomic E-state index is -0.759. The third kappa shape index (κ3) is 2.95. The highest BCUT2D eigenvalue weighted by Gasteiger charge is 2.29. The fourth-order valence-electron chi connectivity index (χ4n) is 2.69. The summed E-state index contributed by atoms with van der Waals surface area (Å²) in [4.78, 5) is 14.0. The summed E-state index contributed by atoms with van der Waals surface area (Å²) in [6.45, 7) is 2.45. The Morgan fingerprint density at radius 1 is 1.18 bits per heavy atom. The molecule has 1 heterocycles. The molecular formula is C19H19NO2. The molecule has 0 fully saturated rings. The Labute approximate surface area is 130 Å². The van der Waals surface area contributed by atoms with Crippen LogP contribution in [0.1, 0.15) is 27.0 Å². The van der Waals surface area contributed by atoms with Crippen molar-refractivity contribution >= 4 is 12.0 Å². The number of aliphatic hydroxyl groups is 1. The molecule has 0 aromatic heterocycles. The predicted molar refractivity (Wildman–Crippen MR) is 87.4 cm³/mol. The molecule has 1 amide bonds. The molecule has 0 radical (unpaired) electrons. The standard InChI is InChI=1S/C19H19NO2/c1-14-8-10-15(11-9-14)5-4-12-20-18(21)13-16-6-2-3-7-17(16)19(20)22/h2-11,18,21H,12-13H2,1H3/b5-4+. The highest BCUT2D eigenvalue weighted by Crippen LogP contribution is 2.22. The van der Waals surface area contributed by atoms with Gasteiger partial charge in [0.05, 0.1) is 0 Å². The van der Waals surface area contributed by atoms with Crippen molar-refractivity contribution < 1.29 is 9.90 Å². The van der Waals surface area contributed by atoms with Crippen LogP contribution in [-0.4, -0.2) is 28.7 Å². The molecule has 0 saturated carbocycles. The van der Waals surface area contributed by atoms with E-state index in [0.29, 0.717) is 18.5 Å². The van der Waals surface area contributed by atoms with Crippen LogP contribution >= 0.6 is 0 Å². The molecule has 1 atom stereocenters. The number of benzene rings is 2. The maximum atomic E-state index is 12.4. The molecule has 1 aliphatic heterocycles. The van der Waals surface area contributed by atoms with Gasteiger partial charge in [0.2, 0.25) is 0 Å². The van der Waals surface area contributed by atoms with E-state index in [-0.39, 0.29) is 5.91 Å². The lowest BCUT2D eigenvalue weighted by Crippen LogP contribution is -2.45. The molecular weight excluding hydrogens is 274 g/mol. The number of amides is 1. The van der Waals surface area contributed by atoms with Crippen molar-refractivity contribution in [1.82, 2.24) is 4.90 Å². The van der Waals surface area contributed by atoms with E-state index in [4.69, 9.17) is 0 Å². The van der Waals surface area contributed by atoms with Gasteiger partial charge in [-0.15, -0.1) is 0 Å². The normalized spacial score (nSPS) is 17.8. The Morgan fingerprint density at radius 3 is 2.68 bits per heavy atom. The van der Waals surface area contributed by atoms with E-state index in [1.165, 1.54) is 10.5 Å². The Bertz CT molecular complexity index is 704. The van der Waals surface area contributed by atoms with Crippen LogP contribution in [0.3, 0.4) is 0 Å². The van der Waals surface area contributed by atoms with Crippen LogP contribution in [0.2, 0.25) is 0 Å². The number of fused-ring (bicyclic) bond motifs is 1. The van der Waals surface area contributed by atoms with Crippen molar-refractivity contribution in [3.8, 4) is 0 Å². The van der Waals surface area contributed by atoms with Crippen molar-refractivity contribution in [2.45, 2.75) is 19.6 Å². The average molecular weight is 293 g/mol. The number of nitrogens with zero attached hydrogens (tertiary/aromatic N) is 1. The van der Waals surface area contributed by atoms with E-state index in [1.54, 1.807) is 0 Å². The van der Waals surface area contributed by atoms with Gasteiger partial charge in [-0.05, 0) is 24.1 Å². The highest BCUT2D eigenvalue weighted by molar-refractivity contribution is 5.97. The topological polar surface area (TPSA) is 40.5 Å². The average Bonchev–Trinajstić information content (AvgIpc) is 2.52. The summed E-state index contributed by atoms with van der Waals surface area (Å²) in [5.74, 6) is -0.108. The number of aryl methyl sites for hydroxylation is 1. The number of carbonyl (C=O) groups is 1. The van der Waals surface area contributed by atoms with Gasteiger partial charge in [-0.2, -0.15) is 0 Å². The van der Waals surface area contributed by atoms with Gasteiger partial charge in [-0.25, -0.2) is 0 Å². The lowest BCUT2D eigenvalue weighted by molar-refractivity contribution is 0.00833. The molecule has 3 rings (SSSR count). The smallest absolute Gasteiger partial charge is 0.256 e. The number of carbonyl (C=O) groups excluding carboxylic acids is 1. The first-order chi connectivity index (χ1) is 10.6. The van der Waals surface area contributed by atoms with Crippen LogP contribution in [0.25, 0.3) is 6.08 Å². The SMILES string of the molecule is Cc1ccc(/C=C/CN2C(=O)c3ccccc3CC2O)cc1. The van der Waals surface area contributed by atoms with E-state index < -0.39 is 6.23 Å². The summed E-state index contributed by atoms with van der Waals surface area (Å²) in [6.07, 6.45) is 3.62. The van der Waals surface area contributed by atoms with Crippen LogP contribution in [-0.2, 0) is 6.42 Å². The molecule has 112 valence electrons. The fourth-order valence-corrected chi connectivity index (χ4v) is 2.69. The second kappa shape index (κ2) is 6.16. The van der Waals surface area contributed by atoms with E-state index >= 15 is 0 Å². The summed E-state index contributed by atoms with van der Waals surface area (Å²) in [6, 6.07) is 15.6. The number of aliphatic hydroxyl groups excluding tert-OH is 1. The molecule has 0 aliphatic carbocycles. The third-order valence-corrected chi connectivity index (χ3v) is 3.96. The molecule has 1 aliphatic rings. The molecule has 3 nitrogen and oxygen atoms in total. The number of hydrogen-bond acceptors (Lipinski definition) is 2.